The molecule has 0 N–H and O–H groups in total. The average Bonchev–Trinajstić information content (AvgIpc) is 2.55. The molecule has 0 amide bonds. The van der Waals surface area contributed by atoms with Gasteiger partial charge in [0.15, 0.2) is 5.43 Å². The summed E-state index contributed by atoms with van der Waals surface area (Å²) >= 11 is 0. The van der Waals surface area contributed by atoms with Crippen molar-refractivity contribution in [2.24, 2.45) is 0 Å². The monoisotopic (exact) mass is 276 g/mol. The van der Waals surface area contributed by atoms with Gasteiger partial charge in [-0.05, 0) is 42.5 Å². The Labute approximate surface area is 123 Å². The first-order valence-electron chi connectivity index (χ1n) is 7.43. The quantitative estimate of drug-likeness (QED) is 0.664. The molecule has 2 heteroatoms. The summed E-state index contributed by atoms with van der Waals surface area (Å²) in [5.74, 6) is 0.163. The van der Waals surface area contributed by atoms with Gasteiger partial charge in [-0.3, -0.25) is 4.79 Å². The van der Waals surface area contributed by atoms with Crippen LogP contribution in [-0.2, 0) is 6.42 Å². The molecule has 104 valence electrons. The highest BCUT2D eigenvalue weighted by Crippen LogP contribution is 2.35. The minimum absolute atomic E-state index is 0.110. The second kappa shape index (κ2) is 4.88. The fourth-order valence-electron chi connectivity index (χ4n) is 3.41. The summed E-state index contributed by atoms with van der Waals surface area (Å²) in [7, 11) is 0. The van der Waals surface area contributed by atoms with Crippen molar-refractivity contribution in [3.8, 4) is 0 Å². The molecular formula is C19H16O2. The SMILES string of the molecule is O=c1c(C2CCCc3ccccc32)coc2ccccc12. The lowest BCUT2D eigenvalue weighted by molar-refractivity contribution is 0.559. The summed E-state index contributed by atoms with van der Waals surface area (Å²) in [6.45, 7) is 0. The first-order chi connectivity index (χ1) is 10.3. The van der Waals surface area contributed by atoms with E-state index in [2.05, 4.69) is 24.3 Å². The van der Waals surface area contributed by atoms with E-state index in [1.807, 2.05) is 24.3 Å². The summed E-state index contributed by atoms with van der Waals surface area (Å²) in [6, 6.07) is 15.9. The molecule has 2 nitrogen and oxygen atoms in total. The van der Waals surface area contributed by atoms with Crippen molar-refractivity contribution in [1.29, 1.82) is 0 Å². The molecule has 0 saturated carbocycles. The van der Waals surface area contributed by atoms with Gasteiger partial charge < -0.3 is 4.42 Å². The highest BCUT2D eigenvalue weighted by atomic mass is 16.3. The van der Waals surface area contributed by atoms with Crippen molar-refractivity contribution in [3.63, 3.8) is 0 Å². The van der Waals surface area contributed by atoms with Crippen molar-refractivity contribution in [2.45, 2.75) is 25.2 Å². The Balaban J connectivity index is 1.92. The lowest BCUT2D eigenvalue weighted by Gasteiger charge is -2.25. The Kier molecular flexibility index (Phi) is 2.88. The van der Waals surface area contributed by atoms with Gasteiger partial charge in [0.05, 0.1) is 11.6 Å². The summed E-state index contributed by atoms with van der Waals surface area (Å²) in [5, 5.41) is 0.679. The zero-order valence-corrected chi connectivity index (χ0v) is 11.7. The third-order valence-electron chi connectivity index (χ3n) is 4.45. The van der Waals surface area contributed by atoms with E-state index >= 15 is 0 Å². The van der Waals surface area contributed by atoms with Gasteiger partial charge in [0, 0.05) is 11.5 Å². The van der Waals surface area contributed by atoms with E-state index < -0.39 is 0 Å². The Morgan fingerprint density at radius 3 is 2.71 bits per heavy atom. The normalized spacial score (nSPS) is 17.6. The third-order valence-corrected chi connectivity index (χ3v) is 4.45. The molecule has 0 saturated heterocycles. The van der Waals surface area contributed by atoms with Crippen molar-refractivity contribution >= 4 is 11.0 Å². The van der Waals surface area contributed by atoms with Gasteiger partial charge in [0.2, 0.25) is 0 Å². The van der Waals surface area contributed by atoms with E-state index in [-0.39, 0.29) is 11.3 Å². The molecule has 4 rings (SSSR count). The number of hydrogen-bond donors (Lipinski definition) is 0. The highest BCUT2D eigenvalue weighted by molar-refractivity contribution is 5.76. The number of para-hydroxylation sites is 1. The zero-order valence-electron chi connectivity index (χ0n) is 11.7. The number of fused-ring (bicyclic) bond motifs is 2. The Bertz CT molecular complexity index is 861. The molecule has 1 aliphatic rings. The summed E-state index contributed by atoms with van der Waals surface area (Å²) < 4.78 is 5.69. The lowest BCUT2D eigenvalue weighted by atomic mass is 9.79. The van der Waals surface area contributed by atoms with Crippen LogP contribution in [0.5, 0.6) is 0 Å². The number of aryl methyl sites for hydroxylation is 1. The van der Waals surface area contributed by atoms with Gasteiger partial charge in [-0.2, -0.15) is 0 Å². The van der Waals surface area contributed by atoms with Crippen molar-refractivity contribution in [2.75, 3.05) is 0 Å². The van der Waals surface area contributed by atoms with E-state index in [0.717, 1.165) is 24.8 Å². The van der Waals surface area contributed by atoms with Crippen LogP contribution in [-0.4, -0.2) is 0 Å². The first-order valence-corrected chi connectivity index (χ1v) is 7.43. The van der Waals surface area contributed by atoms with E-state index in [1.54, 1.807) is 6.26 Å². The fraction of sp³-hybridized carbons (Fsp3) is 0.211. The molecule has 0 fully saturated rings. The molecule has 0 bridgehead atoms. The summed E-state index contributed by atoms with van der Waals surface area (Å²) in [5.41, 5.74) is 4.21. The second-order valence-corrected chi connectivity index (χ2v) is 5.66. The van der Waals surface area contributed by atoms with E-state index in [0.29, 0.717) is 11.0 Å². The average molecular weight is 276 g/mol. The van der Waals surface area contributed by atoms with Gasteiger partial charge in [0.25, 0.3) is 0 Å². The molecule has 1 atom stereocenters. The van der Waals surface area contributed by atoms with Crippen molar-refractivity contribution in [1.82, 2.24) is 0 Å². The van der Waals surface area contributed by atoms with Crippen LogP contribution >= 0.6 is 0 Å². The maximum Gasteiger partial charge on any atom is 0.196 e. The minimum atomic E-state index is 0.110. The van der Waals surface area contributed by atoms with Gasteiger partial charge in [-0.1, -0.05) is 36.4 Å². The third kappa shape index (κ3) is 1.99. The van der Waals surface area contributed by atoms with Gasteiger partial charge in [0.1, 0.15) is 5.58 Å². The van der Waals surface area contributed by atoms with Crippen LogP contribution in [0.15, 0.2) is 64.0 Å². The molecule has 1 heterocycles. The predicted octanol–water partition coefficient (Wildman–Crippen LogP) is 4.26. The first kappa shape index (κ1) is 12.4. The maximum atomic E-state index is 12.8. The lowest BCUT2D eigenvalue weighted by Crippen LogP contribution is -2.18. The minimum Gasteiger partial charge on any atom is -0.464 e. The number of rotatable bonds is 1. The molecule has 1 aliphatic carbocycles. The fourth-order valence-corrected chi connectivity index (χ4v) is 3.41. The van der Waals surface area contributed by atoms with Gasteiger partial charge >= 0.3 is 0 Å². The molecular weight excluding hydrogens is 260 g/mol. The molecule has 21 heavy (non-hydrogen) atoms. The molecule has 1 unspecified atom stereocenters. The topological polar surface area (TPSA) is 30.2 Å². The molecule has 1 aromatic heterocycles. The van der Waals surface area contributed by atoms with Gasteiger partial charge in [-0.15, -0.1) is 0 Å². The van der Waals surface area contributed by atoms with Crippen LogP contribution in [0.4, 0.5) is 0 Å². The van der Waals surface area contributed by atoms with Crippen LogP contribution in [0.3, 0.4) is 0 Å². The van der Waals surface area contributed by atoms with E-state index in [1.165, 1.54) is 11.1 Å². The highest BCUT2D eigenvalue weighted by Gasteiger charge is 2.24. The van der Waals surface area contributed by atoms with E-state index in [4.69, 9.17) is 4.42 Å². The van der Waals surface area contributed by atoms with Crippen molar-refractivity contribution in [3.05, 3.63) is 81.7 Å². The zero-order chi connectivity index (χ0) is 14.2. The molecule has 0 radical (unpaired) electrons. The molecule has 2 aromatic carbocycles. The van der Waals surface area contributed by atoms with E-state index in [9.17, 15) is 4.79 Å². The number of benzene rings is 2. The van der Waals surface area contributed by atoms with Crippen LogP contribution in [0.2, 0.25) is 0 Å². The van der Waals surface area contributed by atoms with Crippen LogP contribution in [0, 0.1) is 0 Å². The van der Waals surface area contributed by atoms with Crippen molar-refractivity contribution < 1.29 is 4.42 Å². The molecule has 3 aromatic rings. The van der Waals surface area contributed by atoms with Crippen LogP contribution in [0.25, 0.3) is 11.0 Å². The van der Waals surface area contributed by atoms with Crippen LogP contribution in [0.1, 0.15) is 35.4 Å². The Morgan fingerprint density at radius 2 is 1.76 bits per heavy atom. The molecule has 0 aliphatic heterocycles. The van der Waals surface area contributed by atoms with Gasteiger partial charge in [-0.25, -0.2) is 0 Å². The maximum absolute atomic E-state index is 12.8. The smallest absolute Gasteiger partial charge is 0.196 e. The standard InChI is InChI=1S/C19H16O2/c20-19-16-9-3-4-11-18(16)21-12-17(19)15-10-5-7-13-6-1-2-8-14(13)15/h1-4,6,8-9,11-12,15H,5,7,10H2. The predicted molar refractivity (Wildman–Crippen MR) is 83.7 cm³/mol. The van der Waals surface area contributed by atoms with Crippen LogP contribution < -0.4 is 5.43 Å². The second-order valence-electron chi connectivity index (χ2n) is 5.66. The summed E-state index contributed by atoms with van der Waals surface area (Å²) in [6.07, 6.45) is 4.90. The summed E-state index contributed by atoms with van der Waals surface area (Å²) in [4.78, 5) is 12.8. The number of hydrogen-bond acceptors (Lipinski definition) is 2. The largest absolute Gasteiger partial charge is 0.464 e. The Hall–Kier alpha value is -2.35. The Morgan fingerprint density at radius 1 is 0.952 bits per heavy atom. The molecule has 0 spiro atoms.